The van der Waals surface area contributed by atoms with Crippen LogP contribution in [0, 0.1) is 5.92 Å². The molecule has 0 radical (unpaired) electrons. The number of carbonyl (C=O) groups is 2. The number of amides is 2. The van der Waals surface area contributed by atoms with Crippen LogP contribution in [-0.2, 0) is 9.53 Å². The van der Waals surface area contributed by atoms with Gasteiger partial charge in [0.05, 0.1) is 6.61 Å². The summed E-state index contributed by atoms with van der Waals surface area (Å²) in [5, 5.41) is 5.68. The summed E-state index contributed by atoms with van der Waals surface area (Å²) in [6, 6.07) is 0.125. The number of piperidine rings is 1. The first kappa shape index (κ1) is 15.8. The zero-order chi connectivity index (χ0) is 14.3. The summed E-state index contributed by atoms with van der Waals surface area (Å²) in [6.07, 6.45) is 0.624. The van der Waals surface area contributed by atoms with Gasteiger partial charge in [-0.2, -0.15) is 0 Å². The van der Waals surface area contributed by atoms with Gasteiger partial charge in [0, 0.05) is 39.1 Å². The average Bonchev–Trinajstić information content (AvgIpc) is 2.27. The van der Waals surface area contributed by atoms with Gasteiger partial charge in [-0.05, 0) is 19.3 Å². The molecule has 19 heavy (non-hydrogen) atoms. The van der Waals surface area contributed by atoms with Gasteiger partial charge in [0.1, 0.15) is 0 Å². The van der Waals surface area contributed by atoms with Crippen LogP contribution in [0.25, 0.3) is 0 Å². The van der Waals surface area contributed by atoms with E-state index >= 15 is 0 Å². The quantitative estimate of drug-likeness (QED) is 0.767. The van der Waals surface area contributed by atoms with Gasteiger partial charge < -0.3 is 15.4 Å². The standard InChI is InChI=1S/C13H25N3O3/c1-4-19-13(18)15-12-7-10(2)8-16(9-12)6-5-14-11(3)17/h10,12H,4-9H2,1-3H3,(H,14,17)(H,15,18). The smallest absolute Gasteiger partial charge is 0.407 e. The van der Waals surface area contributed by atoms with Gasteiger partial charge in [0.15, 0.2) is 0 Å². The Labute approximate surface area is 114 Å². The Morgan fingerprint density at radius 3 is 2.74 bits per heavy atom. The molecule has 0 aromatic carbocycles. The van der Waals surface area contributed by atoms with E-state index in [-0.39, 0.29) is 18.0 Å². The number of carbonyl (C=O) groups excluding carboxylic acids is 2. The third-order valence-electron chi connectivity index (χ3n) is 3.13. The van der Waals surface area contributed by atoms with E-state index in [2.05, 4.69) is 22.5 Å². The molecule has 2 atom stereocenters. The highest BCUT2D eigenvalue weighted by Crippen LogP contribution is 2.16. The van der Waals surface area contributed by atoms with Crippen molar-refractivity contribution in [3.8, 4) is 0 Å². The maximum absolute atomic E-state index is 11.4. The van der Waals surface area contributed by atoms with Crippen LogP contribution in [0.4, 0.5) is 4.79 Å². The van der Waals surface area contributed by atoms with Crippen LogP contribution in [-0.4, -0.2) is 55.7 Å². The largest absolute Gasteiger partial charge is 0.450 e. The molecular weight excluding hydrogens is 246 g/mol. The molecule has 1 saturated heterocycles. The molecule has 0 spiro atoms. The van der Waals surface area contributed by atoms with E-state index in [1.54, 1.807) is 6.92 Å². The van der Waals surface area contributed by atoms with Crippen molar-refractivity contribution in [2.24, 2.45) is 5.92 Å². The van der Waals surface area contributed by atoms with Crippen molar-refractivity contribution in [3.63, 3.8) is 0 Å². The van der Waals surface area contributed by atoms with Gasteiger partial charge in [0.25, 0.3) is 0 Å². The highest BCUT2D eigenvalue weighted by atomic mass is 16.5. The van der Waals surface area contributed by atoms with Gasteiger partial charge in [-0.15, -0.1) is 0 Å². The van der Waals surface area contributed by atoms with Gasteiger partial charge in [-0.3, -0.25) is 9.69 Å². The predicted octanol–water partition coefficient (Wildman–Crippen LogP) is 0.579. The summed E-state index contributed by atoms with van der Waals surface area (Å²) in [4.78, 5) is 24.5. The minimum absolute atomic E-state index is 0.00810. The van der Waals surface area contributed by atoms with E-state index in [0.29, 0.717) is 19.1 Å². The fraction of sp³-hybridized carbons (Fsp3) is 0.846. The first-order chi connectivity index (χ1) is 9.01. The molecular formula is C13H25N3O3. The molecule has 6 heteroatoms. The van der Waals surface area contributed by atoms with Crippen molar-refractivity contribution in [1.29, 1.82) is 0 Å². The van der Waals surface area contributed by atoms with E-state index in [9.17, 15) is 9.59 Å². The first-order valence-corrected chi connectivity index (χ1v) is 6.91. The highest BCUT2D eigenvalue weighted by molar-refractivity contribution is 5.72. The molecule has 1 heterocycles. The number of nitrogens with zero attached hydrogens (tertiary/aromatic N) is 1. The third kappa shape index (κ3) is 6.42. The number of ether oxygens (including phenoxy) is 1. The molecule has 1 rings (SSSR count). The molecule has 1 aliphatic rings. The van der Waals surface area contributed by atoms with Crippen LogP contribution in [0.3, 0.4) is 0 Å². The second-order valence-corrected chi connectivity index (χ2v) is 5.15. The molecule has 0 aromatic rings. The molecule has 0 aromatic heterocycles. The maximum atomic E-state index is 11.4. The fourth-order valence-corrected chi connectivity index (χ4v) is 2.48. The molecule has 0 bridgehead atoms. The Morgan fingerprint density at radius 2 is 2.11 bits per heavy atom. The lowest BCUT2D eigenvalue weighted by atomic mass is 9.96. The van der Waals surface area contributed by atoms with E-state index in [1.807, 2.05) is 0 Å². The van der Waals surface area contributed by atoms with Crippen molar-refractivity contribution in [3.05, 3.63) is 0 Å². The van der Waals surface area contributed by atoms with Crippen molar-refractivity contribution in [2.45, 2.75) is 33.2 Å². The van der Waals surface area contributed by atoms with Crippen LogP contribution in [0.5, 0.6) is 0 Å². The molecule has 0 aliphatic carbocycles. The normalized spacial score (nSPS) is 23.7. The topological polar surface area (TPSA) is 70.7 Å². The zero-order valence-electron chi connectivity index (χ0n) is 12.1. The van der Waals surface area contributed by atoms with Gasteiger partial charge in [-0.1, -0.05) is 6.92 Å². The Morgan fingerprint density at radius 1 is 1.37 bits per heavy atom. The number of hydrogen-bond acceptors (Lipinski definition) is 4. The number of alkyl carbamates (subject to hydrolysis) is 1. The molecule has 110 valence electrons. The Bertz CT molecular complexity index is 310. The summed E-state index contributed by atoms with van der Waals surface area (Å²) < 4.78 is 4.90. The molecule has 1 fully saturated rings. The van der Waals surface area contributed by atoms with Crippen LogP contribution < -0.4 is 10.6 Å². The Balaban J connectivity index is 2.35. The Hall–Kier alpha value is -1.30. The highest BCUT2D eigenvalue weighted by Gasteiger charge is 2.25. The number of likely N-dealkylation sites (tertiary alicyclic amines) is 1. The minimum Gasteiger partial charge on any atom is -0.450 e. The van der Waals surface area contributed by atoms with E-state index in [0.717, 1.165) is 26.1 Å². The first-order valence-electron chi connectivity index (χ1n) is 6.91. The van der Waals surface area contributed by atoms with Gasteiger partial charge in [-0.25, -0.2) is 4.79 Å². The third-order valence-corrected chi connectivity index (χ3v) is 3.13. The van der Waals surface area contributed by atoms with Gasteiger partial charge in [0.2, 0.25) is 5.91 Å². The Kier molecular flexibility index (Phi) is 6.62. The molecule has 1 aliphatic heterocycles. The minimum atomic E-state index is -0.344. The summed E-state index contributed by atoms with van der Waals surface area (Å²) in [7, 11) is 0. The maximum Gasteiger partial charge on any atom is 0.407 e. The fourth-order valence-electron chi connectivity index (χ4n) is 2.48. The van der Waals surface area contributed by atoms with Crippen LogP contribution in [0.1, 0.15) is 27.2 Å². The van der Waals surface area contributed by atoms with E-state index in [1.165, 1.54) is 6.92 Å². The second kappa shape index (κ2) is 7.99. The monoisotopic (exact) mass is 271 g/mol. The van der Waals surface area contributed by atoms with Gasteiger partial charge >= 0.3 is 6.09 Å². The van der Waals surface area contributed by atoms with E-state index in [4.69, 9.17) is 4.74 Å². The van der Waals surface area contributed by atoms with Crippen LogP contribution in [0.2, 0.25) is 0 Å². The van der Waals surface area contributed by atoms with Crippen molar-refractivity contribution >= 4 is 12.0 Å². The predicted molar refractivity (Wildman–Crippen MR) is 72.9 cm³/mol. The molecule has 2 amide bonds. The lowest BCUT2D eigenvalue weighted by Gasteiger charge is -2.36. The summed E-state index contributed by atoms with van der Waals surface area (Å²) in [5.74, 6) is 0.518. The van der Waals surface area contributed by atoms with Crippen molar-refractivity contribution < 1.29 is 14.3 Å². The average molecular weight is 271 g/mol. The van der Waals surface area contributed by atoms with Crippen LogP contribution in [0.15, 0.2) is 0 Å². The number of rotatable bonds is 5. The summed E-state index contributed by atoms with van der Waals surface area (Å²) in [6.45, 7) is 9.14. The molecule has 2 unspecified atom stereocenters. The van der Waals surface area contributed by atoms with E-state index < -0.39 is 0 Å². The molecule has 6 nitrogen and oxygen atoms in total. The summed E-state index contributed by atoms with van der Waals surface area (Å²) in [5.41, 5.74) is 0. The lowest BCUT2D eigenvalue weighted by Crippen LogP contribution is -2.51. The van der Waals surface area contributed by atoms with Crippen molar-refractivity contribution in [2.75, 3.05) is 32.8 Å². The lowest BCUT2D eigenvalue weighted by molar-refractivity contribution is -0.119. The van der Waals surface area contributed by atoms with Crippen LogP contribution >= 0.6 is 0 Å². The molecule has 2 N–H and O–H groups in total. The second-order valence-electron chi connectivity index (χ2n) is 5.15. The number of nitrogens with one attached hydrogen (secondary N) is 2. The van der Waals surface area contributed by atoms with Crippen molar-refractivity contribution in [1.82, 2.24) is 15.5 Å². The SMILES string of the molecule is CCOC(=O)NC1CC(C)CN(CCNC(C)=O)C1. The number of hydrogen-bond donors (Lipinski definition) is 2. The summed E-state index contributed by atoms with van der Waals surface area (Å²) >= 11 is 0. The zero-order valence-corrected chi connectivity index (χ0v) is 12.1. The molecule has 0 saturated carbocycles.